The van der Waals surface area contributed by atoms with Gasteiger partial charge in [0.25, 0.3) is 15.0 Å². The average molecular weight is 324 g/mol. The molecule has 0 saturated carbocycles. The number of nitrogens with one attached hydrogen (secondary N) is 1. The van der Waals surface area contributed by atoms with Crippen LogP contribution < -0.4 is 5.32 Å². The van der Waals surface area contributed by atoms with Crippen LogP contribution in [0.4, 0.5) is 4.39 Å². The van der Waals surface area contributed by atoms with Crippen molar-refractivity contribution >= 4 is 25.6 Å². The predicted octanol–water partition coefficient (Wildman–Crippen LogP) is 1.91. The number of halogens is 2. The SMILES string of the molecule is CCC(COC)NC(=O)c1ccc(F)c(S(=O)(=O)Cl)c1. The second kappa shape index (κ2) is 7.01. The second-order valence-corrected chi connectivity index (χ2v) is 6.65. The third-order valence-corrected chi connectivity index (χ3v) is 3.99. The molecule has 1 rings (SSSR count). The summed E-state index contributed by atoms with van der Waals surface area (Å²) in [6.45, 7) is 2.19. The minimum atomic E-state index is -4.24. The van der Waals surface area contributed by atoms with Gasteiger partial charge in [0.15, 0.2) is 0 Å². The van der Waals surface area contributed by atoms with Crippen LogP contribution in [-0.4, -0.2) is 34.1 Å². The van der Waals surface area contributed by atoms with Gasteiger partial charge in [-0.1, -0.05) is 6.92 Å². The average Bonchev–Trinajstić information content (AvgIpc) is 2.37. The summed E-state index contributed by atoms with van der Waals surface area (Å²) < 4.78 is 40.7. The Labute approximate surface area is 121 Å². The zero-order valence-electron chi connectivity index (χ0n) is 11.0. The predicted molar refractivity (Wildman–Crippen MR) is 72.9 cm³/mol. The first kappa shape index (κ1) is 16.9. The molecule has 1 amide bonds. The van der Waals surface area contributed by atoms with E-state index in [2.05, 4.69) is 5.32 Å². The van der Waals surface area contributed by atoms with Gasteiger partial charge in [0.05, 0.1) is 12.6 Å². The summed E-state index contributed by atoms with van der Waals surface area (Å²) in [6, 6.07) is 2.78. The van der Waals surface area contributed by atoms with E-state index in [1.807, 2.05) is 6.92 Å². The molecule has 112 valence electrons. The molecule has 0 aliphatic carbocycles. The summed E-state index contributed by atoms with van der Waals surface area (Å²) >= 11 is 0. The molecule has 1 atom stereocenters. The number of amides is 1. The van der Waals surface area contributed by atoms with Crippen molar-refractivity contribution in [3.05, 3.63) is 29.6 Å². The lowest BCUT2D eigenvalue weighted by molar-refractivity contribution is 0.0894. The lowest BCUT2D eigenvalue weighted by Crippen LogP contribution is -2.37. The van der Waals surface area contributed by atoms with Crippen molar-refractivity contribution < 1.29 is 22.3 Å². The summed E-state index contributed by atoms with van der Waals surface area (Å²) in [5.74, 6) is -1.52. The molecule has 1 N–H and O–H groups in total. The molecule has 1 unspecified atom stereocenters. The molecule has 8 heteroatoms. The monoisotopic (exact) mass is 323 g/mol. The van der Waals surface area contributed by atoms with Crippen molar-refractivity contribution in [1.82, 2.24) is 5.32 Å². The highest BCUT2D eigenvalue weighted by Crippen LogP contribution is 2.20. The Morgan fingerprint density at radius 3 is 2.65 bits per heavy atom. The topological polar surface area (TPSA) is 72.5 Å². The Balaban J connectivity index is 3.00. The second-order valence-electron chi connectivity index (χ2n) is 4.12. The van der Waals surface area contributed by atoms with E-state index >= 15 is 0 Å². The molecule has 20 heavy (non-hydrogen) atoms. The van der Waals surface area contributed by atoms with Gasteiger partial charge in [-0.2, -0.15) is 0 Å². The number of ether oxygens (including phenoxy) is 1. The zero-order valence-corrected chi connectivity index (χ0v) is 12.6. The van der Waals surface area contributed by atoms with Gasteiger partial charge in [-0.05, 0) is 24.6 Å². The van der Waals surface area contributed by atoms with Gasteiger partial charge in [0.2, 0.25) is 0 Å². The highest BCUT2D eigenvalue weighted by atomic mass is 35.7. The fraction of sp³-hybridized carbons (Fsp3) is 0.417. The number of hydrogen-bond acceptors (Lipinski definition) is 4. The molecule has 0 aliphatic rings. The van der Waals surface area contributed by atoms with Crippen molar-refractivity contribution in [3.63, 3.8) is 0 Å². The van der Waals surface area contributed by atoms with E-state index < -0.39 is 25.7 Å². The van der Waals surface area contributed by atoms with Crippen molar-refractivity contribution in [1.29, 1.82) is 0 Å². The van der Waals surface area contributed by atoms with E-state index in [-0.39, 0.29) is 11.6 Å². The molecular formula is C12H15ClFNO4S. The quantitative estimate of drug-likeness (QED) is 0.812. The van der Waals surface area contributed by atoms with Crippen LogP contribution in [0.3, 0.4) is 0 Å². The molecular weight excluding hydrogens is 309 g/mol. The third-order valence-electron chi connectivity index (χ3n) is 2.65. The first-order valence-corrected chi connectivity index (χ1v) is 8.14. The van der Waals surface area contributed by atoms with Crippen molar-refractivity contribution in [3.8, 4) is 0 Å². The summed E-state index contributed by atoms with van der Waals surface area (Å²) in [6.07, 6.45) is 0.640. The van der Waals surface area contributed by atoms with Crippen molar-refractivity contribution in [2.45, 2.75) is 24.3 Å². The van der Waals surface area contributed by atoms with Crippen LogP contribution in [0.25, 0.3) is 0 Å². The van der Waals surface area contributed by atoms with E-state index in [0.29, 0.717) is 13.0 Å². The van der Waals surface area contributed by atoms with Crippen LogP contribution in [0.5, 0.6) is 0 Å². The zero-order chi connectivity index (χ0) is 15.3. The molecule has 0 bridgehead atoms. The van der Waals surface area contributed by atoms with Crippen LogP contribution in [-0.2, 0) is 13.8 Å². The normalized spacial score (nSPS) is 13.0. The number of benzene rings is 1. The van der Waals surface area contributed by atoms with Crippen LogP contribution in [0.2, 0.25) is 0 Å². The summed E-state index contributed by atoms with van der Waals surface area (Å²) in [5, 5.41) is 2.66. The largest absolute Gasteiger partial charge is 0.383 e. The minimum Gasteiger partial charge on any atom is -0.383 e. The van der Waals surface area contributed by atoms with Gasteiger partial charge in [0, 0.05) is 23.4 Å². The molecule has 0 spiro atoms. The molecule has 5 nitrogen and oxygen atoms in total. The van der Waals surface area contributed by atoms with E-state index in [9.17, 15) is 17.6 Å². The van der Waals surface area contributed by atoms with Gasteiger partial charge in [-0.15, -0.1) is 0 Å². The van der Waals surface area contributed by atoms with Crippen molar-refractivity contribution in [2.75, 3.05) is 13.7 Å². The van der Waals surface area contributed by atoms with E-state index in [1.54, 1.807) is 0 Å². The van der Waals surface area contributed by atoms with Gasteiger partial charge in [-0.3, -0.25) is 4.79 Å². The molecule has 0 radical (unpaired) electrons. The maximum atomic E-state index is 13.4. The maximum absolute atomic E-state index is 13.4. The van der Waals surface area contributed by atoms with Crippen molar-refractivity contribution in [2.24, 2.45) is 0 Å². The van der Waals surface area contributed by atoms with E-state index in [4.69, 9.17) is 15.4 Å². The molecule has 1 aromatic carbocycles. The fourth-order valence-corrected chi connectivity index (χ4v) is 2.49. The van der Waals surface area contributed by atoms with Crippen LogP contribution in [0.15, 0.2) is 23.1 Å². The highest BCUT2D eigenvalue weighted by molar-refractivity contribution is 8.13. The Morgan fingerprint density at radius 1 is 1.50 bits per heavy atom. The molecule has 0 aliphatic heterocycles. The van der Waals surface area contributed by atoms with Gasteiger partial charge >= 0.3 is 0 Å². The summed E-state index contributed by atoms with van der Waals surface area (Å²) in [4.78, 5) is 11.2. The molecule has 0 saturated heterocycles. The minimum absolute atomic E-state index is 0.0141. The van der Waals surface area contributed by atoms with Gasteiger partial charge < -0.3 is 10.1 Å². The number of rotatable bonds is 6. The first-order valence-electron chi connectivity index (χ1n) is 5.83. The van der Waals surface area contributed by atoms with Gasteiger partial charge in [0.1, 0.15) is 10.7 Å². The number of carbonyl (C=O) groups is 1. The molecule has 0 fully saturated rings. The molecule has 1 aromatic rings. The number of carbonyl (C=O) groups excluding carboxylic acids is 1. The Hall–Kier alpha value is -1.18. The number of methoxy groups -OCH3 is 1. The highest BCUT2D eigenvalue weighted by Gasteiger charge is 2.20. The van der Waals surface area contributed by atoms with E-state index in [1.165, 1.54) is 13.2 Å². The number of hydrogen-bond donors (Lipinski definition) is 1. The fourth-order valence-electron chi connectivity index (χ4n) is 1.56. The van der Waals surface area contributed by atoms with Crippen LogP contribution in [0.1, 0.15) is 23.7 Å². The third kappa shape index (κ3) is 4.43. The van der Waals surface area contributed by atoms with Crippen LogP contribution >= 0.6 is 10.7 Å². The van der Waals surface area contributed by atoms with Crippen LogP contribution in [0, 0.1) is 5.82 Å². The lowest BCUT2D eigenvalue weighted by Gasteiger charge is -2.16. The lowest BCUT2D eigenvalue weighted by atomic mass is 10.1. The van der Waals surface area contributed by atoms with E-state index in [0.717, 1.165) is 12.1 Å². The molecule has 0 aromatic heterocycles. The summed E-state index contributed by atoms with van der Waals surface area (Å²) in [5.41, 5.74) is 0.0141. The standard InChI is InChI=1S/C12H15ClFNO4S/c1-3-9(7-19-2)15-12(16)8-4-5-10(14)11(6-8)20(13,17)18/h4-6,9H,3,7H2,1-2H3,(H,15,16). The Kier molecular flexibility index (Phi) is 5.91. The summed E-state index contributed by atoms with van der Waals surface area (Å²) in [7, 11) is 2.37. The Bertz CT molecular complexity index is 591. The smallest absolute Gasteiger partial charge is 0.264 e. The maximum Gasteiger partial charge on any atom is 0.264 e. The first-order chi connectivity index (χ1) is 9.29. The van der Waals surface area contributed by atoms with Gasteiger partial charge in [-0.25, -0.2) is 12.8 Å². The Morgan fingerprint density at radius 2 is 2.15 bits per heavy atom. The molecule has 0 heterocycles.